The number of carbonyl (C=O) groups is 2. The molecule has 32 heavy (non-hydrogen) atoms. The monoisotopic (exact) mass is 433 g/mol. The highest BCUT2D eigenvalue weighted by molar-refractivity contribution is 6.07. The van der Waals surface area contributed by atoms with Crippen LogP contribution in [0.4, 0.5) is 17.1 Å². The van der Waals surface area contributed by atoms with Crippen molar-refractivity contribution in [3.05, 3.63) is 54.6 Å². The number of hydrogen-bond donors (Lipinski definition) is 3. The lowest BCUT2D eigenvalue weighted by Gasteiger charge is -2.14. The number of ether oxygens (including phenoxy) is 2. The van der Waals surface area contributed by atoms with Crippen LogP contribution in [0.15, 0.2) is 59.0 Å². The van der Waals surface area contributed by atoms with Crippen molar-refractivity contribution in [2.45, 2.75) is 6.92 Å². The van der Waals surface area contributed by atoms with Crippen molar-refractivity contribution in [1.82, 2.24) is 0 Å². The Morgan fingerprint density at radius 3 is 2.38 bits per heavy atom. The number of methoxy groups -OCH3 is 2. The summed E-state index contributed by atoms with van der Waals surface area (Å²) in [5.41, 5.74) is 3.11. The van der Waals surface area contributed by atoms with E-state index in [9.17, 15) is 9.59 Å². The van der Waals surface area contributed by atoms with Gasteiger partial charge >= 0.3 is 0 Å². The number of carbonyl (C=O) groups excluding carboxylic acids is 2. The summed E-state index contributed by atoms with van der Waals surface area (Å²) < 4.78 is 16.7. The van der Waals surface area contributed by atoms with Crippen LogP contribution in [0.3, 0.4) is 0 Å². The molecule has 4 rings (SSSR count). The molecule has 2 amide bonds. The second-order valence-electron chi connectivity index (χ2n) is 7.14. The summed E-state index contributed by atoms with van der Waals surface area (Å²) in [5, 5.41) is 10.5. The molecule has 3 aromatic carbocycles. The zero-order chi connectivity index (χ0) is 22.7. The Balaban J connectivity index is 1.52. The van der Waals surface area contributed by atoms with Crippen LogP contribution in [0.1, 0.15) is 6.92 Å². The molecule has 0 atom stereocenters. The van der Waals surface area contributed by atoms with Gasteiger partial charge in [-0.25, -0.2) is 0 Å². The molecule has 4 aromatic rings. The first-order chi connectivity index (χ1) is 15.5. The van der Waals surface area contributed by atoms with E-state index in [1.165, 1.54) is 14.0 Å². The third-order valence-corrected chi connectivity index (χ3v) is 4.93. The van der Waals surface area contributed by atoms with E-state index in [0.29, 0.717) is 34.1 Å². The number of hydrogen-bond acceptors (Lipinski definition) is 6. The Labute approximate surface area is 184 Å². The summed E-state index contributed by atoms with van der Waals surface area (Å²) in [4.78, 5) is 23.9. The molecule has 0 bridgehead atoms. The van der Waals surface area contributed by atoms with Gasteiger partial charge in [-0.05, 0) is 30.3 Å². The predicted octanol–water partition coefficient (Wildman–Crippen LogP) is 4.61. The van der Waals surface area contributed by atoms with Crippen LogP contribution in [0.5, 0.6) is 11.5 Å². The van der Waals surface area contributed by atoms with Crippen LogP contribution in [-0.4, -0.2) is 32.6 Å². The molecule has 8 heteroatoms. The molecule has 0 spiro atoms. The van der Waals surface area contributed by atoms with Crippen molar-refractivity contribution in [2.75, 3.05) is 36.7 Å². The fourth-order valence-corrected chi connectivity index (χ4v) is 3.52. The van der Waals surface area contributed by atoms with Gasteiger partial charge in [0.15, 0.2) is 0 Å². The molecule has 0 saturated heterocycles. The largest absolute Gasteiger partial charge is 0.495 e. The summed E-state index contributed by atoms with van der Waals surface area (Å²) in [7, 11) is 3.09. The number of furan rings is 1. The average molecular weight is 433 g/mol. The van der Waals surface area contributed by atoms with E-state index in [2.05, 4.69) is 16.0 Å². The standard InChI is InChI=1S/C24H23N3O5/c1-14(28)26-15-8-9-21(30-2)19(10-15)27-24(29)13-25-18-12-22-17(11-23(18)31-3)16-6-4-5-7-20(16)32-22/h4-12,25H,13H2,1-3H3,(H,26,28)(H,27,29). The Hall–Kier alpha value is -4.20. The van der Waals surface area contributed by atoms with Gasteiger partial charge in [0.1, 0.15) is 22.7 Å². The van der Waals surface area contributed by atoms with E-state index in [-0.39, 0.29) is 18.4 Å². The highest BCUT2D eigenvalue weighted by Crippen LogP contribution is 2.36. The zero-order valence-electron chi connectivity index (χ0n) is 17.9. The first kappa shape index (κ1) is 21.0. The number of rotatable bonds is 7. The molecule has 0 aliphatic heterocycles. The van der Waals surface area contributed by atoms with Gasteiger partial charge in [0.05, 0.1) is 32.1 Å². The molecule has 8 nitrogen and oxygen atoms in total. The van der Waals surface area contributed by atoms with Crippen molar-refractivity contribution < 1.29 is 23.5 Å². The van der Waals surface area contributed by atoms with Gasteiger partial charge in [0.25, 0.3) is 0 Å². The minimum Gasteiger partial charge on any atom is -0.495 e. The minimum atomic E-state index is -0.296. The highest BCUT2D eigenvalue weighted by atomic mass is 16.5. The molecule has 0 radical (unpaired) electrons. The molecule has 0 saturated carbocycles. The van der Waals surface area contributed by atoms with Crippen molar-refractivity contribution in [2.24, 2.45) is 0 Å². The van der Waals surface area contributed by atoms with Gasteiger partial charge in [-0.2, -0.15) is 0 Å². The van der Waals surface area contributed by atoms with E-state index in [0.717, 1.165) is 16.4 Å². The lowest BCUT2D eigenvalue weighted by atomic mass is 10.1. The van der Waals surface area contributed by atoms with Crippen LogP contribution in [-0.2, 0) is 9.59 Å². The molecule has 0 aliphatic rings. The quantitative estimate of drug-likeness (QED) is 0.393. The van der Waals surface area contributed by atoms with Crippen LogP contribution in [0, 0.1) is 0 Å². The normalized spacial score (nSPS) is 10.7. The first-order valence-electron chi connectivity index (χ1n) is 9.97. The van der Waals surface area contributed by atoms with Crippen LogP contribution < -0.4 is 25.4 Å². The van der Waals surface area contributed by atoms with Gasteiger partial charge in [-0.1, -0.05) is 18.2 Å². The van der Waals surface area contributed by atoms with E-state index in [1.807, 2.05) is 36.4 Å². The third kappa shape index (κ3) is 4.29. The summed E-state index contributed by atoms with van der Waals surface area (Å²) in [6.45, 7) is 1.40. The van der Waals surface area contributed by atoms with E-state index < -0.39 is 0 Å². The van der Waals surface area contributed by atoms with Crippen molar-refractivity contribution >= 4 is 50.8 Å². The van der Waals surface area contributed by atoms with E-state index in [1.54, 1.807) is 25.3 Å². The fourth-order valence-electron chi connectivity index (χ4n) is 3.52. The van der Waals surface area contributed by atoms with Crippen molar-refractivity contribution in [1.29, 1.82) is 0 Å². The smallest absolute Gasteiger partial charge is 0.243 e. The summed E-state index contributed by atoms with van der Waals surface area (Å²) in [6, 6.07) is 16.5. The number of benzene rings is 3. The Morgan fingerprint density at radius 1 is 0.844 bits per heavy atom. The maximum absolute atomic E-state index is 12.6. The topological polar surface area (TPSA) is 102 Å². The van der Waals surface area contributed by atoms with Gasteiger partial charge in [-0.3, -0.25) is 9.59 Å². The predicted molar refractivity (Wildman–Crippen MR) is 125 cm³/mol. The van der Waals surface area contributed by atoms with Crippen LogP contribution in [0.25, 0.3) is 21.9 Å². The van der Waals surface area contributed by atoms with Gasteiger partial charge < -0.3 is 29.8 Å². The van der Waals surface area contributed by atoms with Crippen LogP contribution in [0.2, 0.25) is 0 Å². The summed E-state index contributed by atoms with van der Waals surface area (Å²) in [5.74, 6) is 0.577. The second-order valence-corrected chi connectivity index (χ2v) is 7.14. The van der Waals surface area contributed by atoms with Gasteiger partial charge in [0, 0.05) is 29.4 Å². The Morgan fingerprint density at radius 2 is 1.62 bits per heavy atom. The first-order valence-corrected chi connectivity index (χ1v) is 9.97. The molecular formula is C24H23N3O5. The molecule has 1 heterocycles. The fraction of sp³-hybridized carbons (Fsp3) is 0.167. The van der Waals surface area contributed by atoms with Crippen molar-refractivity contribution in [3.8, 4) is 11.5 Å². The maximum atomic E-state index is 12.6. The number of anilines is 3. The molecular weight excluding hydrogens is 410 g/mol. The van der Waals surface area contributed by atoms with E-state index in [4.69, 9.17) is 13.9 Å². The molecule has 0 fully saturated rings. The number of para-hydroxylation sites is 1. The zero-order valence-corrected chi connectivity index (χ0v) is 17.9. The number of fused-ring (bicyclic) bond motifs is 3. The SMILES string of the molecule is COc1cc2c(cc1NCC(=O)Nc1cc(NC(C)=O)ccc1OC)oc1ccccc12. The average Bonchev–Trinajstić information content (AvgIpc) is 3.14. The molecule has 3 N–H and O–H groups in total. The molecule has 0 unspecified atom stereocenters. The van der Waals surface area contributed by atoms with Gasteiger partial charge in [0.2, 0.25) is 11.8 Å². The Kier molecular flexibility index (Phi) is 5.85. The Bertz CT molecular complexity index is 1310. The maximum Gasteiger partial charge on any atom is 0.243 e. The number of amides is 2. The van der Waals surface area contributed by atoms with E-state index >= 15 is 0 Å². The van der Waals surface area contributed by atoms with Crippen molar-refractivity contribution in [3.63, 3.8) is 0 Å². The highest BCUT2D eigenvalue weighted by Gasteiger charge is 2.14. The third-order valence-electron chi connectivity index (χ3n) is 4.93. The molecule has 1 aromatic heterocycles. The van der Waals surface area contributed by atoms with Gasteiger partial charge in [-0.15, -0.1) is 0 Å². The van der Waals surface area contributed by atoms with Crippen LogP contribution >= 0.6 is 0 Å². The second kappa shape index (κ2) is 8.89. The lowest BCUT2D eigenvalue weighted by molar-refractivity contribution is -0.115. The summed E-state index contributed by atoms with van der Waals surface area (Å²) in [6.07, 6.45) is 0. The number of nitrogens with one attached hydrogen (secondary N) is 3. The molecule has 0 aliphatic carbocycles. The lowest BCUT2D eigenvalue weighted by Crippen LogP contribution is -2.22. The summed E-state index contributed by atoms with van der Waals surface area (Å²) >= 11 is 0. The molecule has 164 valence electrons. The minimum absolute atomic E-state index is 0.0182.